The molecule has 0 spiro atoms. The highest BCUT2D eigenvalue weighted by molar-refractivity contribution is 9.10. The van der Waals surface area contributed by atoms with Gasteiger partial charge >= 0.3 is 5.97 Å². The van der Waals surface area contributed by atoms with Gasteiger partial charge in [0.05, 0.1) is 12.1 Å². The number of aryl methyl sites for hydroxylation is 1. The lowest BCUT2D eigenvalue weighted by atomic mass is 10.00. The Bertz CT molecular complexity index is 855. The van der Waals surface area contributed by atoms with Crippen LogP contribution in [0.4, 0.5) is 5.00 Å². The van der Waals surface area contributed by atoms with E-state index in [1.165, 1.54) is 11.3 Å². The summed E-state index contributed by atoms with van der Waals surface area (Å²) in [4.78, 5) is 29.1. The Morgan fingerprint density at radius 1 is 1.33 bits per heavy atom. The third-order valence-corrected chi connectivity index (χ3v) is 5.58. The maximum atomic E-state index is 12.4. The molecule has 24 heavy (non-hydrogen) atoms. The number of nitrogens with zero attached hydrogens (tertiary/aromatic N) is 1. The molecule has 3 rings (SSSR count). The summed E-state index contributed by atoms with van der Waals surface area (Å²) in [5, 5.41) is 12.7. The van der Waals surface area contributed by atoms with Crippen LogP contribution in [0.5, 0.6) is 0 Å². The number of fused-ring (bicyclic) bond motifs is 1. The second kappa shape index (κ2) is 6.49. The van der Waals surface area contributed by atoms with Gasteiger partial charge in [-0.25, -0.2) is 0 Å². The summed E-state index contributed by atoms with van der Waals surface area (Å²) in [6.07, 6.45) is -0.334. The van der Waals surface area contributed by atoms with Crippen LogP contribution in [0, 0.1) is 13.8 Å². The Kier molecular flexibility index (Phi) is 4.56. The Labute approximate surface area is 151 Å². The van der Waals surface area contributed by atoms with E-state index in [1.54, 1.807) is 0 Å². The summed E-state index contributed by atoms with van der Waals surface area (Å²) in [5.41, 5.74) is 3.44. The standard InChI is InChI=1S/C17H15BrN2O3S/c1-8-9(2)24-17-14(8)15(10-3-5-11(18)6-4-10)19-12(7-13(21)22)16(23)20-17/h3-6,12H,7H2,1-2H3,(H,20,23)(H,21,22). The summed E-state index contributed by atoms with van der Waals surface area (Å²) in [5.74, 6) is -1.43. The molecule has 0 fully saturated rings. The number of halogens is 1. The highest BCUT2D eigenvalue weighted by atomic mass is 79.9. The van der Waals surface area contributed by atoms with Crippen molar-refractivity contribution < 1.29 is 14.7 Å². The zero-order valence-electron chi connectivity index (χ0n) is 13.1. The third-order valence-electron chi connectivity index (χ3n) is 3.93. The van der Waals surface area contributed by atoms with E-state index in [0.717, 1.165) is 31.0 Å². The number of hydrogen-bond acceptors (Lipinski definition) is 4. The van der Waals surface area contributed by atoms with Crippen molar-refractivity contribution in [1.29, 1.82) is 0 Å². The minimum atomic E-state index is -1.05. The van der Waals surface area contributed by atoms with E-state index in [9.17, 15) is 9.59 Å². The fourth-order valence-corrected chi connectivity index (χ4v) is 3.93. The molecule has 1 aromatic carbocycles. The molecule has 1 unspecified atom stereocenters. The number of carbonyl (C=O) groups excluding carboxylic acids is 1. The number of amides is 1. The monoisotopic (exact) mass is 406 g/mol. The lowest BCUT2D eigenvalue weighted by molar-refractivity contribution is -0.138. The predicted octanol–water partition coefficient (Wildman–Crippen LogP) is 3.76. The quantitative estimate of drug-likeness (QED) is 0.813. The second-order valence-electron chi connectivity index (χ2n) is 5.57. The van der Waals surface area contributed by atoms with E-state index < -0.39 is 12.0 Å². The Morgan fingerprint density at radius 3 is 2.62 bits per heavy atom. The number of carbonyl (C=O) groups is 2. The van der Waals surface area contributed by atoms with Gasteiger partial charge in [0, 0.05) is 20.5 Å². The zero-order chi connectivity index (χ0) is 17.4. The normalized spacial score (nSPS) is 16.9. The number of hydrogen-bond donors (Lipinski definition) is 2. The van der Waals surface area contributed by atoms with Gasteiger partial charge in [0.25, 0.3) is 0 Å². The first-order valence-corrected chi connectivity index (χ1v) is 8.94. The number of benzene rings is 1. The maximum absolute atomic E-state index is 12.4. The Balaban J connectivity index is 2.20. The van der Waals surface area contributed by atoms with Crippen LogP contribution >= 0.6 is 27.3 Å². The van der Waals surface area contributed by atoms with Gasteiger partial charge in [-0.05, 0) is 31.5 Å². The van der Waals surface area contributed by atoms with Gasteiger partial charge in [0.1, 0.15) is 11.0 Å². The number of carboxylic acid groups (broad SMARTS) is 1. The fourth-order valence-electron chi connectivity index (χ4n) is 2.60. The summed E-state index contributed by atoms with van der Waals surface area (Å²) in [7, 11) is 0. The van der Waals surface area contributed by atoms with Gasteiger partial charge in [-0.15, -0.1) is 11.3 Å². The molecule has 0 radical (unpaired) electrons. The summed E-state index contributed by atoms with van der Waals surface area (Å²) in [6, 6.07) is 6.68. The van der Waals surface area contributed by atoms with Crippen LogP contribution < -0.4 is 5.32 Å². The average molecular weight is 407 g/mol. The number of rotatable bonds is 3. The average Bonchev–Trinajstić information content (AvgIpc) is 2.71. The first-order chi connectivity index (χ1) is 11.4. The highest BCUT2D eigenvalue weighted by Crippen LogP contribution is 2.36. The van der Waals surface area contributed by atoms with Crippen LogP contribution in [0.1, 0.15) is 28.0 Å². The smallest absolute Gasteiger partial charge is 0.306 e. The molecule has 2 heterocycles. The molecule has 2 N–H and O–H groups in total. The summed E-state index contributed by atoms with van der Waals surface area (Å²) < 4.78 is 0.940. The highest BCUT2D eigenvalue weighted by Gasteiger charge is 2.30. The number of aliphatic imine (C=N–C) groups is 1. The lowest BCUT2D eigenvalue weighted by Crippen LogP contribution is -2.27. The van der Waals surface area contributed by atoms with Gasteiger partial charge in [0.15, 0.2) is 0 Å². The Hall–Kier alpha value is -1.99. The number of carboxylic acids is 1. The van der Waals surface area contributed by atoms with E-state index in [4.69, 9.17) is 5.11 Å². The second-order valence-corrected chi connectivity index (χ2v) is 7.72. The van der Waals surface area contributed by atoms with Crippen LogP contribution in [-0.4, -0.2) is 28.7 Å². The first kappa shape index (κ1) is 16.9. The molecule has 1 aromatic heterocycles. The predicted molar refractivity (Wildman–Crippen MR) is 98.2 cm³/mol. The van der Waals surface area contributed by atoms with Gasteiger partial charge in [-0.1, -0.05) is 28.1 Å². The van der Waals surface area contributed by atoms with Crippen LogP contribution in [0.15, 0.2) is 33.7 Å². The zero-order valence-corrected chi connectivity index (χ0v) is 15.5. The fraction of sp³-hybridized carbons (Fsp3) is 0.235. The van der Waals surface area contributed by atoms with E-state index in [2.05, 4.69) is 26.2 Å². The van der Waals surface area contributed by atoms with Crippen LogP contribution in [0.25, 0.3) is 0 Å². The van der Waals surface area contributed by atoms with Crippen molar-refractivity contribution in [3.63, 3.8) is 0 Å². The third kappa shape index (κ3) is 3.14. The number of aliphatic carboxylic acids is 1. The van der Waals surface area contributed by atoms with Gasteiger partial charge in [-0.3, -0.25) is 14.6 Å². The molecule has 1 amide bonds. The molecule has 124 valence electrons. The molecule has 1 atom stereocenters. The van der Waals surface area contributed by atoms with Crippen molar-refractivity contribution in [3.8, 4) is 0 Å². The molecule has 1 aliphatic rings. The largest absolute Gasteiger partial charge is 0.481 e. The van der Waals surface area contributed by atoms with Crippen molar-refractivity contribution >= 4 is 49.9 Å². The molecule has 2 aromatic rings. The lowest BCUT2D eigenvalue weighted by Gasteiger charge is -2.10. The van der Waals surface area contributed by atoms with E-state index in [1.807, 2.05) is 38.1 Å². The van der Waals surface area contributed by atoms with E-state index >= 15 is 0 Å². The van der Waals surface area contributed by atoms with Gasteiger partial charge in [-0.2, -0.15) is 0 Å². The summed E-state index contributed by atoms with van der Waals surface area (Å²) in [6.45, 7) is 3.98. The minimum Gasteiger partial charge on any atom is -0.481 e. The van der Waals surface area contributed by atoms with Crippen LogP contribution in [0.3, 0.4) is 0 Å². The van der Waals surface area contributed by atoms with Gasteiger partial charge in [0.2, 0.25) is 5.91 Å². The van der Waals surface area contributed by atoms with Gasteiger partial charge < -0.3 is 10.4 Å². The molecule has 0 aliphatic carbocycles. The number of anilines is 1. The van der Waals surface area contributed by atoms with E-state index in [-0.39, 0.29) is 12.3 Å². The van der Waals surface area contributed by atoms with Crippen molar-refractivity contribution in [2.45, 2.75) is 26.3 Å². The Morgan fingerprint density at radius 2 is 2.00 bits per heavy atom. The number of nitrogens with one attached hydrogen (secondary N) is 1. The molecular weight excluding hydrogens is 392 g/mol. The molecule has 7 heteroatoms. The molecular formula is C17H15BrN2O3S. The molecule has 1 aliphatic heterocycles. The van der Waals surface area contributed by atoms with Crippen molar-refractivity contribution in [1.82, 2.24) is 0 Å². The van der Waals surface area contributed by atoms with Crippen molar-refractivity contribution in [2.75, 3.05) is 5.32 Å². The molecule has 0 saturated heterocycles. The minimum absolute atomic E-state index is 0.334. The first-order valence-electron chi connectivity index (χ1n) is 7.33. The topological polar surface area (TPSA) is 78.8 Å². The van der Waals surface area contributed by atoms with E-state index in [0.29, 0.717) is 5.71 Å². The summed E-state index contributed by atoms with van der Waals surface area (Å²) >= 11 is 4.89. The SMILES string of the molecule is Cc1sc2c(c1C)C(c1ccc(Br)cc1)=NC(CC(=O)O)C(=O)N2. The van der Waals surface area contributed by atoms with Crippen molar-refractivity contribution in [2.24, 2.45) is 4.99 Å². The maximum Gasteiger partial charge on any atom is 0.306 e. The molecule has 0 bridgehead atoms. The van der Waals surface area contributed by atoms with Crippen molar-refractivity contribution in [3.05, 3.63) is 50.3 Å². The number of thiophene rings is 1. The van der Waals surface area contributed by atoms with Crippen LogP contribution in [-0.2, 0) is 9.59 Å². The molecule has 5 nitrogen and oxygen atoms in total. The molecule has 0 saturated carbocycles. The van der Waals surface area contributed by atoms with Crippen LogP contribution in [0.2, 0.25) is 0 Å².